The van der Waals surface area contributed by atoms with Gasteiger partial charge >= 0.3 is 0 Å². The van der Waals surface area contributed by atoms with Crippen LogP contribution in [0.25, 0.3) is 22.6 Å². The van der Waals surface area contributed by atoms with Crippen molar-refractivity contribution in [3.05, 3.63) is 48.0 Å². The highest BCUT2D eigenvalue weighted by molar-refractivity contribution is 5.95. The molecule has 0 fully saturated rings. The quantitative estimate of drug-likeness (QED) is 0.801. The fraction of sp³-hybridized carbons (Fsp3) is 0.125. The fourth-order valence-corrected chi connectivity index (χ4v) is 2.13. The minimum Gasteiger partial charge on any atom is -0.436 e. The molecular weight excluding hydrogens is 306 g/mol. The summed E-state index contributed by atoms with van der Waals surface area (Å²) >= 11 is 0. The van der Waals surface area contributed by atoms with Crippen molar-refractivity contribution in [3.8, 4) is 11.5 Å². The molecule has 118 valence electrons. The molecule has 0 unspecified atom stereocenters. The van der Waals surface area contributed by atoms with Crippen LogP contribution < -0.4 is 5.32 Å². The zero-order valence-corrected chi connectivity index (χ0v) is 12.1. The average Bonchev–Trinajstić information content (AvgIpc) is 2.94. The minimum atomic E-state index is -1.09. The summed E-state index contributed by atoms with van der Waals surface area (Å²) in [7, 11) is 1.35. The lowest BCUT2D eigenvalue weighted by Gasteiger charge is -2.09. The highest BCUT2D eigenvalue weighted by Gasteiger charge is 2.18. The number of carbonyl (C=O) groups is 1. The first kappa shape index (κ1) is 15.1. The van der Waals surface area contributed by atoms with E-state index in [-0.39, 0.29) is 23.7 Å². The number of amides is 1. The van der Waals surface area contributed by atoms with Crippen molar-refractivity contribution in [1.82, 2.24) is 4.98 Å². The summed E-state index contributed by atoms with van der Waals surface area (Å²) in [6.07, 6.45) is 0. The Bertz CT molecular complexity index is 844. The van der Waals surface area contributed by atoms with Gasteiger partial charge in [0.1, 0.15) is 12.1 Å². The number of carbonyl (C=O) groups excluding carboxylic acids is 1. The topological polar surface area (TPSA) is 64.4 Å². The third-order valence-electron chi connectivity index (χ3n) is 3.13. The first-order valence-corrected chi connectivity index (χ1v) is 6.72. The Hall–Kier alpha value is -2.80. The summed E-state index contributed by atoms with van der Waals surface area (Å²) in [4.78, 5) is 15.9. The van der Waals surface area contributed by atoms with E-state index < -0.39 is 17.5 Å². The molecule has 5 nitrogen and oxygen atoms in total. The Morgan fingerprint density at radius 3 is 2.74 bits per heavy atom. The number of halogens is 2. The molecule has 0 spiro atoms. The second kappa shape index (κ2) is 6.13. The molecule has 0 saturated heterocycles. The maximum absolute atomic E-state index is 13.6. The van der Waals surface area contributed by atoms with E-state index in [9.17, 15) is 13.6 Å². The molecule has 3 rings (SSSR count). The molecule has 3 aromatic rings. The molecule has 0 aliphatic heterocycles. The van der Waals surface area contributed by atoms with Crippen LogP contribution in [0.15, 0.2) is 40.8 Å². The maximum Gasteiger partial charge on any atom is 0.250 e. The van der Waals surface area contributed by atoms with Crippen LogP contribution in [-0.4, -0.2) is 24.6 Å². The third kappa shape index (κ3) is 3.04. The van der Waals surface area contributed by atoms with Crippen LogP contribution in [0.3, 0.4) is 0 Å². The number of rotatable bonds is 4. The smallest absolute Gasteiger partial charge is 0.250 e. The summed E-state index contributed by atoms with van der Waals surface area (Å²) in [6, 6.07) is 8.79. The Kier molecular flexibility index (Phi) is 4.03. The second-order valence-corrected chi connectivity index (χ2v) is 4.78. The van der Waals surface area contributed by atoms with Gasteiger partial charge in [0.05, 0.1) is 11.3 Å². The number of aromatic nitrogens is 1. The van der Waals surface area contributed by atoms with Crippen LogP contribution in [0.4, 0.5) is 14.5 Å². The van der Waals surface area contributed by atoms with Gasteiger partial charge in [-0.2, -0.15) is 0 Å². The predicted molar refractivity (Wildman–Crippen MR) is 79.9 cm³/mol. The number of nitrogens with one attached hydrogen (secondary N) is 1. The van der Waals surface area contributed by atoms with Crippen LogP contribution in [0.1, 0.15) is 0 Å². The molecule has 0 radical (unpaired) electrons. The maximum atomic E-state index is 13.6. The first-order chi connectivity index (χ1) is 11.1. The summed E-state index contributed by atoms with van der Waals surface area (Å²) in [5, 5.41) is 2.45. The molecule has 2 aromatic carbocycles. The Balaban J connectivity index is 2.09. The first-order valence-electron chi connectivity index (χ1n) is 6.72. The van der Waals surface area contributed by atoms with E-state index in [1.807, 2.05) is 0 Å². The Morgan fingerprint density at radius 1 is 1.26 bits per heavy atom. The minimum absolute atomic E-state index is 0.0532. The number of ether oxygens (including phenoxy) is 1. The molecule has 1 aromatic heterocycles. The summed E-state index contributed by atoms with van der Waals surface area (Å²) in [6.45, 7) is -0.216. The normalized spacial score (nSPS) is 10.9. The SMILES string of the molecule is COCC(=O)Nc1cc(F)c(F)cc1-c1nc2ccccc2o1. The largest absolute Gasteiger partial charge is 0.436 e. The van der Waals surface area contributed by atoms with Gasteiger partial charge in [0.25, 0.3) is 0 Å². The van der Waals surface area contributed by atoms with Crippen LogP contribution >= 0.6 is 0 Å². The van der Waals surface area contributed by atoms with Gasteiger partial charge in [-0.15, -0.1) is 0 Å². The highest BCUT2D eigenvalue weighted by Crippen LogP contribution is 2.32. The van der Waals surface area contributed by atoms with Gasteiger partial charge in [-0.25, -0.2) is 13.8 Å². The lowest BCUT2D eigenvalue weighted by molar-refractivity contribution is -0.119. The second-order valence-electron chi connectivity index (χ2n) is 4.78. The van der Waals surface area contributed by atoms with Gasteiger partial charge < -0.3 is 14.5 Å². The van der Waals surface area contributed by atoms with Gasteiger partial charge in [-0.05, 0) is 18.2 Å². The van der Waals surface area contributed by atoms with E-state index in [4.69, 9.17) is 9.15 Å². The lowest BCUT2D eigenvalue weighted by atomic mass is 10.1. The summed E-state index contributed by atoms with van der Waals surface area (Å²) in [5.74, 6) is -2.57. The van der Waals surface area contributed by atoms with Gasteiger partial charge in [0, 0.05) is 13.2 Å². The number of fused-ring (bicyclic) bond motifs is 1. The standard InChI is InChI=1S/C16H12F2N2O3/c1-22-8-15(21)19-13-7-11(18)10(17)6-9(13)16-20-12-4-2-3-5-14(12)23-16/h2-7H,8H2,1H3,(H,19,21). The zero-order chi connectivity index (χ0) is 16.4. The molecule has 0 bridgehead atoms. The number of methoxy groups -OCH3 is 1. The molecule has 23 heavy (non-hydrogen) atoms. The molecule has 1 heterocycles. The van der Waals surface area contributed by atoms with Crippen LogP contribution in [0.5, 0.6) is 0 Å². The molecule has 7 heteroatoms. The van der Waals surface area contributed by atoms with E-state index in [1.165, 1.54) is 7.11 Å². The van der Waals surface area contributed by atoms with Gasteiger partial charge in [-0.3, -0.25) is 4.79 Å². The molecule has 0 aliphatic rings. The van der Waals surface area contributed by atoms with Crippen molar-refractivity contribution in [3.63, 3.8) is 0 Å². The summed E-state index contributed by atoms with van der Waals surface area (Å²) < 4.78 is 37.4. The number of para-hydroxylation sites is 2. The fourth-order valence-electron chi connectivity index (χ4n) is 2.13. The van der Waals surface area contributed by atoms with Crippen molar-refractivity contribution in [2.45, 2.75) is 0 Å². The lowest BCUT2D eigenvalue weighted by Crippen LogP contribution is -2.18. The van der Waals surface area contributed by atoms with Gasteiger partial charge in [0.15, 0.2) is 17.2 Å². The van der Waals surface area contributed by atoms with Crippen molar-refractivity contribution in [2.24, 2.45) is 0 Å². The van der Waals surface area contributed by atoms with Gasteiger partial charge in [0.2, 0.25) is 11.8 Å². The van der Waals surface area contributed by atoms with Crippen molar-refractivity contribution >= 4 is 22.7 Å². The number of oxazole rings is 1. The van der Waals surface area contributed by atoms with Crippen LogP contribution in [0.2, 0.25) is 0 Å². The molecule has 0 aliphatic carbocycles. The van der Waals surface area contributed by atoms with Crippen molar-refractivity contribution in [2.75, 3.05) is 19.0 Å². The van der Waals surface area contributed by atoms with E-state index in [0.29, 0.717) is 11.1 Å². The number of hydrogen-bond donors (Lipinski definition) is 1. The molecular formula is C16H12F2N2O3. The van der Waals surface area contributed by atoms with E-state index in [0.717, 1.165) is 12.1 Å². The highest BCUT2D eigenvalue weighted by atomic mass is 19.2. The van der Waals surface area contributed by atoms with E-state index >= 15 is 0 Å². The monoisotopic (exact) mass is 318 g/mol. The molecule has 1 amide bonds. The van der Waals surface area contributed by atoms with Gasteiger partial charge in [-0.1, -0.05) is 12.1 Å². The number of benzene rings is 2. The van der Waals surface area contributed by atoms with Crippen LogP contribution in [0, 0.1) is 11.6 Å². The third-order valence-corrected chi connectivity index (χ3v) is 3.13. The molecule has 0 atom stereocenters. The number of nitrogens with zero attached hydrogens (tertiary/aromatic N) is 1. The molecule has 0 saturated carbocycles. The predicted octanol–water partition coefficient (Wildman–Crippen LogP) is 3.36. The average molecular weight is 318 g/mol. The van der Waals surface area contributed by atoms with Crippen molar-refractivity contribution in [1.29, 1.82) is 0 Å². The Morgan fingerprint density at radius 2 is 2.00 bits per heavy atom. The number of hydrogen-bond acceptors (Lipinski definition) is 4. The van der Waals surface area contributed by atoms with E-state index in [2.05, 4.69) is 10.3 Å². The molecule has 1 N–H and O–H groups in total. The van der Waals surface area contributed by atoms with E-state index in [1.54, 1.807) is 24.3 Å². The van der Waals surface area contributed by atoms with Crippen LogP contribution in [-0.2, 0) is 9.53 Å². The summed E-state index contributed by atoms with van der Waals surface area (Å²) in [5.41, 5.74) is 1.27. The Labute approximate surface area is 129 Å². The number of anilines is 1. The van der Waals surface area contributed by atoms with Crippen molar-refractivity contribution < 1.29 is 22.7 Å². The zero-order valence-electron chi connectivity index (χ0n) is 12.1.